The molecule has 0 aromatic rings. The van der Waals surface area contributed by atoms with E-state index in [0.717, 1.165) is 30.9 Å². The van der Waals surface area contributed by atoms with Gasteiger partial charge in [-0.1, -0.05) is 0 Å². The van der Waals surface area contributed by atoms with Gasteiger partial charge in [-0.2, -0.15) is 0 Å². The van der Waals surface area contributed by atoms with Gasteiger partial charge < -0.3 is 5.32 Å². The summed E-state index contributed by atoms with van der Waals surface area (Å²) in [6.07, 6.45) is 3.83. The molecule has 1 aliphatic heterocycles. The van der Waals surface area contributed by atoms with Gasteiger partial charge >= 0.3 is 0 Å². The molecule has 4 nitrogen and oxygen atoms in total. The van der Waals surface area contributed by atoms with Crippen LogP contribution in [0.15, 0.2) is 0 Å². The minimum absolute atomic E-state index is 0.249. The van der Waals surface area contributed by atoms with Gasteiger partial charge in [0.05, 0.1) is 5.75 Å². The fourth-order valence-electron chi connectivity index (χ4n) is 1.64. The lowest BCUT2D eigenvalue weighted by molar-refractivity contribution is 0.475. The van der Waals surface area contributed by atoms with Gasteiger partial charge in [0.25, 0.3) is 0 Å². The van der Waals surface area contributed by atoms with Crippen molar-refractivity contribution in [3.8, 4) is 0 Å². The maximum Gasteiger partial charge on any atom is 0.147 e. The third-order valence-corrected chi connectivity index (χ3v) is 4.93. The zero-order valence-electron chi connectivity index (χ0n) is 9.07. The van der Waals surface area contributed by atoms with E-state index in [1.165, 1.54) is 6.26 Å². The highest BCUT2D eigenvalue weighted by Crippen LogP contribution is 2.08. The second-order valence-electron chi connectivity index (χ2n) is 4.06. The molecule has 1 N–H and O–H groups in total. The monoisotopic (exact) mass is 253 g/mol. The smallest absolute Gasteiger partial charge is 0.147 e. The van der Waals surface area contributed by atoms with E-state index in [1.54, 1.807) is 0 Å². The van der Waals surface area contributed by atoms with E-state index >= 15 is 0 Å². The Kier molecular flexibility index (Phi) is 5.22. The number of nitrogens with one attached hydrogen (secondary N) is 1. The molecular formula is C9H19NO3S2. The number of sulfone groups is 1. The molecule has 0 radical (unpaired) electrons. The van der Waals surface area contributed by atoms with E-state index in [9.17, 15) is 12.6 Å². The van der Waals surface area contributed by atoms with Gasteiger partial charge in [0, 0.05) is 34.6 Å². The van der Waals surface area contributed by atoms with E-state index < -0.39 is 20.6 Å². The van der Waals surface area contributed by atoms with Crippen LogP contribution in [0.5, 0.6) is 0 Å². The zero-order valence-corrected chi connectivity index (χ0v) is 10.7. The summed E-state index contributed by atoms with van der Waals surface area (Å²) in [6.45, 7) is 0.740. The molecule has 0 spiro atoms. The van der Waals surface area contributed by atoms with Crippen molar-refractivity contribution >= 4 is 20.6 Å². The molecule has 0 unspecified atom stereocenters. The maximum atomic E-state index is 11.1. The Labute approximate surface area is 94.2 Å². The molecule has 0 aromatic carbocycles. The fraction of sp³-hybridized carbons (Fsp3) is 1.00. The van der Waals surface area contributed by atoms with Crippen molar-refractivity contribution in [3.05, 3.63) is 0 Å². The van der Waals surface area contributed by atoms with E-state index in [-0.39, 0.29) is 5.75 Å². The molecule has 1 saturated heterocycles. The molecule has 90 valence electrons. The molecule has 0 amide bonds. The lowest BCUT2D eigenvalue weighted by Crippen LogP contribution is -2.36. The van der Waals surface area contributed by atoms with Gasteiger partial charge in [0.1, 0.15) is 9.84 Å². The topological polar surface area (TPSA) is 63.2 Å². The summed E-state index contributed by atoms with van der Waals surface area (Å²) in [7, 11) is -3.44. The van der Waals surface area contributed by atoms with E-state index in [1.807, 2.05) is 0 Å². The Morgan fingerprint density at radius 1 is 1.33 bits per heavy atom. The van der Waals surface area contributed by atoms with Crippen molar-refractivity contribution < 1.29 is 12.6 Å². The largest absolute Gasteiger partial charge is 0.314 e. The van der Waals surface area contributed by atoms with Gasteiger partial charge in [-0.15, -0.1) is 0 Å². The van der Waals surface area contributed by atoms with E-state index in [4.69, 9.17) is 0 Å². The Balaban J connectivity index is 2.08. The molecule has 0 atom stereocenters. The van der Waals surface area contributed by atoms with Crippen LogP contribution in [0.4, 0.5) is 0 Å². The zero-order chi connectivity index (χ0) is 11.3. The van der Waals surface area contributed by atoms with Gasteiger partial charge in [-0.25, -0.2) is 8.42 Å². The van der Waals surface area contributed by atoms with Crippen LogP contribution in [-0.4, -0.2) is 48.7 Å². The van der Waals surface area contributed by atoms with Crippen molar-refractivity contribution in [2.45, 2.75) is 25.3 Å². The average molecular weight is 253 g/mol. The van der Waals surface area contributed by atoms with Crippen LogP contribution in [0, 0.1) is 0 Å². The van der Waals surface area contributed by atoms with Crippen molar-refractivity contribution in [3.63, 3.8) is 0 Å². The normalized spacial score (nSPS) is 27.8. The van der Waals surface area contributed by atoms with Crippen LogP contribution in [0.25, 0.3) is 0 Å². The van der Waals surface area contributed by atoms with Crippen LogP contribution in [0.1, 0.15) is 19.3 Å². The summed E-state index contributed by atoms with van der Waals surface area (Å²) in [4.78, 5) is 0. The van der Waals surface area contributed by atoms with Crippen molar-refractivity contribution in [1.82, 2.24) is 5.32 Å². The molecular weight excluding hydrogens is 234 g/mol. The summed E-state index contributed by atoms with van der Waals surface area (Å²) >= 11 is 0. The van der Waals surface area contributed by atoms with Gasteiger partial charge in [0.2, 0.25) is 0 Å². The minimum atomic E-state index is -2.82. The highest BCUT2D eigenvalue weighted by Gasteiger charge is 2.16. The highest BCUT2D eigenvalue weighted by molar-refractivity contribution is 7.90. The molecule has 1 fully saturated rings. The summed E-state index contributed by atoms with van der Waals surface area (Å²) in [5, 5.41) is 3.32. The quantitative estimate of drug-likeness (QED) is 0.696. The lowest BCUT2D eigenvalue weighted by Gasteiger charge is -2.22. The number of hydrogen-bond donors (Lipinski definition) is 1. The van der Waals surface area contributed by atoms with Gasteiger partial charge in [-0.05, 0) is 25.8 Å². The predicted molar refractivity (Wildman–Crippen MR) is 63.2 cm³/mol. The Morgan fingerprint density at radius 2 is 1.93 bits per heavy atom. The minimum Gasteiger partial charge on any atom is -0.314 e. The second kappa shape index (κ2) is 5.96. The third-order valence-electron chi connectivity index (χ3n) is 2.51. The first-order valence-electron chi connectivity index (χ1n) is 5.23. The third kappa shape index (κ3) is 6.27. The molecule has 1 rings (SSSR count). The van der Waals surface area contributed by atoms with Crippen molar-refractivity contribution in [2.75, 3.05) is 30.1 Å². The first-order valence-corrected chi connectivity index (χ1v) is 8.78. The molecule has 0 aromatic heterocycles. The predicted octanol–water partition coefficient (Wildman–Crippen LogP) is -0.0782. The summed E-state index contributed by atoms with van der Waals surface area (Å²) < 4.78 is 32.8. The Hall–Kier alpha value is 0.0600. The first kappa shape index (κ1) is 13.1. The molecule has 0 saturated carbocycles. The molecule has 1 aliphatic rings. The molecule has 15 heavy (non-hydrogen) atoms. The molecule has 0 aliphatic carbocycles. The van der Waals surface area contributed by atoms with E-state index in [2.05, 4.69) is 5.32 Å². The average Bonchev–Trinajstić information content (AvgIpc) is 2.14. The standard InChI is InChI=1S/C9H19NO3S2/c1-15(12,13)8-2-5-10-9-3-6-14(11)7-4-9/h9-10H,2-8H2,1H3. The summed E-state index contributed by atoms with van der Waals surface area (Å²) in [6, 6.07) is 0.433. The van der Waals surface area contributed by atoms with Gasteiger partial charge in [0.15, 0.2) is 0 Å². The van der Waals surface area contributed by atoms with Crippen LogP contribution in [0.3, 0.4) is 0 Å². The van der Waals surface area contributed by atoms with E-state index in [0.29, 0.717) is 12.5 Å². The summed E-state index contributed by atoms with van der Waals surface area (Å²) in [5.41, 5.74) is 0. The van der Waals surface area contributed by atoms with Crippen molar-refractivity contribution in [2.24, 2.45) is 0 Å². The number of hydrogen-bond acceptors (Lipinski definition) is 4. The fourth-order valence-corrected chi connectivity index (χ4v) is 3.61. The SMILES string of the molecule is CS(=O)(=O)CCCNC1CCS(=O)CC1. The first-order chi connectivity index (χ1) is 6.97. The van der Waals surface area contributed by atoms with Crippen molar-refractivity contribution in [1.29, 1.82) is 0 Å². The second-order valence-corrected chi connectivity index (χ2v) is 8.02. The molecule has 0 bridgehead atoms. The van der Waals surface area contributed by atoms with Crippen LogP contribution >= 0.6 is 0 Å². The van der Waals surface area contributed by atoms with Crippen LogP contribution < -0.4 is 5.32 Å². The van der Waals surface area contributed by atoms with Crippen LogP contribution in [-0.2, 0) is 20.6 Å². The highest BCUT2D eigenvalue weighted by atomic mass is 32.2. The lowest BCUT2D eigenvalue weighted by atomic mass is 10.1. The maximum absolute atomic E-state index is 11.1. The van der Waals surface area contributed by atoms with Crippen LogP contribution in [0.2, 0.25) is 0 Å². The van der Waals surface area contributed by atoms with Gasteiger partial charge in [-0.3, -0.25) is 4.21 Å². The Bertz CT molecular complexity index is 303. The molecule has 6 heteroatoms. The molecule has 1 heterocycles. The summed E-state index contributed by atoms with van der Waals surface area (Å²) in [5.74, 6) is 1.81. The Morgan fingerprint density at radius 3 is 2.47 bits per heavy atom. The number of rotatable bonds is 5.